The molecule has 0 spiro atoms. The summed E-state index contributed by atoms with van der Waals surface area (Å²) in [5, 5.41) is 20.6. The van der Waals surface area contributed by atoms with E-state index in [9.17, 15) is 18.7 Å². The Balaban J connectivity index is 1.95. The third kappa shape index (κ3) is 4.50. The number of benzene rings is 2. The van der Waals surface area contributed by atoms with Gasteiger partial charge in [0.15, 0.2) is 17.8 Å². The molecule has 3 rings (SSSR count). The summed E-state index contributed by atoms with van der Waals surface area (Å²) < 4.78 is 34.4. The molecular formula is C19H19F2N3O5. The number of carbonyl (C=O) groups is 1. The van der Waals surface area contributed by atoms with Gasteiger partial charge in [-0.1, -0.05) is 13.0 Å². The van der Waals surface area contributed by atoms with Crippen LogP contribution in [0.3, 0.4) is 0 Å². The number of nitrogens with zero attached hydrogens (tertiary/aromatic N) is 1. The fourth-order valence-corrected chi connectivity index (χ4v) is 2.59. The number of aryl methyl sites for hydroxylation is 1. The minimum atomic E-state index is -1.20. The number of aromatic nitrogens is 1. The van der Waals surface area contributed by atoms with Crippen LogP contribution < -0.4 is 10.8 Å². The first-order valence-electron chi connectivity index (χ1n) is 8.76. The van der Waals surface area contributed by atoms with E-state index in [-0.39, 0.29) is 34.6 Å². The fraction of sp³-hybridized carbons (Fsp3) is 0.263. The summed E-state index contributed by atoms with van der Waals surface area (Å²) in [5.41, 5.74) is 2.08. The smallest absolute Gasteiger partial charge is 0.277 e. The molecule has 1 atom stereocenters. The molecule has 0 radical (unpaired) electrons. The summed E-state index contributed by atoms with van der Waals surface area (Å²) in [7, 11) is 0. The Labute approximate surface area is 164 Å². The SMILES string of the molecule is CCc1ccc(Nc2c(C(=O)NOCC(O)CO)cc3ocnc3c2F)c(F)c1. The summed E-state index contributed by atoms with van der Waals surface area (Å²) in [6.07, 6.45) is 0.443. The highest BCUT2D eigenvalue weighted by molar-refractivity contribution is 6.03. The van der Waals surface area contributed by atoms with E-state index in [4.69, 9.17) is 14.4 Å². The number of hydrogen-bond donors (Lipinski definition) is 4. The molecule has 3 aromatic rings. The third-order valence-corrected chi connectivity index (χ3v) is 4.16. The highest BCUT2D eigenvalue weighted by Gasteiger charge is 2.22. The van der Waals surface area contributed by atoms with Gasteiger partial charge in [0, 0.05) is 0 Å². The zero-order chi connectivity index (χ0) is 21.0. The summed E-state index contributed by atoms with van der Waals surface area (Å²) in [6.45, 7) is 0.926. The van der Waals surface area contributed by atoms with Gasteiger partial charge in [-0.2, -0.15) is 0 Å². The van der Waals surface area contributed by atoms with Gasteiger partial charge >= 0.3 is 0 Å². The lowest BCUT2D eigenvalue weighted by atomic mass is 10.1. The predicted octanol–water partition coefficient (Wildman–Crippen LogP) is 2.43. The van der Waals surface area contributed by atoms with Crippen molar-refractivity contribution in [1.29, 1.82) is 0 Å². The molecule has 10 heteroatoms. The van der Waals surface area contributed by atoms with Crippen LogP contribution >= 0.6 is 0 Å². The second-order valence-corrected chi connectivity index (χ2v) is 6.18. The Kier molecular flexibility index (Phi) is 6.37. The lowest BCUT2D eigenvalue weighted by Crippen LogP contribution is -2.30. The number of aliphatic hydroxyl groups excluding tert-OH is 2. The van der Waals surface area contributed by atoms with Crippen molar-refractivity contribution < 1.29 is 33.0 Å². The van der Waals surface area contributed by atoms with Crippen molar-refractivity contribution in [2.75, 3.05) is 18.5 Å². The normalized spacial score (nSPS) is 12.2. The number of oxazole rings is 1. The van der Waals surface area contributed by atoms with Crippen molar-refractivity contribution in [3.8, 4) is 0 Å². The number of hydrogen-bond acceptors (Lipinski definition) is 7. The molecule has 1 amide bonds. The van der Waals surface area contributed by atoms with E-state index in [0.29, 0.717) is 6.42 Å². The number of aliphatic hydroxyl groups is 2. The molecule has 29 heavy (non-hydrogen) atoms. The minimum Gasteiger partial charge on any atom is -0.443 e. The standard InChI is InChI=1S/C19H19F2N3O5/c1-2-10-3-4-14(13(20)5-10)23-17-12(19(27)24-29-8-11(26)7-25)6-15-18(16(17)21)22-9-28-15/h3-6,9,11,23,25-26H,2,7-8H2,1H3,(H,24,27). The first-order valence-corrected chi connectivity index (χ1v) is 8.76. The van der Waals surface area contributed by atoms with Crippen LogP contribution in [0.15, 0.2) is 35.1 Å². The number of halogens is 2. The largest absolute Gasteiger partial charge is 0.443 e. The highest BCUT2D eigenvalue weighted by Crippen LogP contribution is 2.31. The van der Waals surface area contributed by atoms with Crippen molar-refractivity contribution >= 4 is 28.4 Å². The number of fused-ring (bicyclic) bond motifs is 1. The predicted molar refractivity (Wildman–Crippen MR) is 99.5 cm³/mol. The summed E-state index contributed by atoms with van der Waals surface area (Å²) in [4.78, 5) is 21.1. The monoisotopic (exact) mass is 407 g/mol. The zero-order valence-corrected chi connectivity index (χ0v) is 15.4. The van der Waals surface area contributed by atoms with Crippen LogP contribution in [0.25, 0.3) is 11.1 Å². The highest BCUT2D eigenvalue weighted by atomic mass is 19.1. The van der Waals surface area contributed by atoms with Crippen molar-refractivity contribution in [2.45, 2.75) is 19.4 Å². The van der Waals surface area contributed by atoms with Crippen LogP contribution in [0.4, 0.5) is 20.2 Å². The Morgan fingerprint density at radius 3 is 2.83 bits per heavy atom. The van der Waals surface area contributed by atoms with Crippen molar-refractivity contribution in [3.63, 3.8) is 0 Å². The number of hydroxylamine groups is 1. The van der Waals surface area contributed by atoms with Gasteiger partial charge in [0.2, 0.25) is 0 Å². The molecule has 0 fully saturated rings. The quantitative estimate of drug-likeness (QED) is 0.424. The van der Waals surface area contributed by atoms with Crippen LogP contribution in [0.2, 0.25) is 0 Å². The van der Waals surface area contributed by atoms with Gasteiger partial charge in [-0.3, -0.25) is 9.63 Å². The van der Waals surface area contributed by atoms with Gasteiger partial charge in [-0.15, -0.1) is 0 Å². The van der Waals surface area contributed by atoms with E-state index in [1.54, 1.807) is 6.07 Å². The Morgan fingerprint density at radius 2 is 2.14 bits per heavy atom. The molecular weight excluding hydrogens is 388 g/mol. The van der Waals surface area contributed by atoms with Crippen LogP contribution in [-0.2, 0) is 11.3 Å². The molecule has 2 aromatic carbocycles. The van der Waals surface area contributed by atoms with Gasteiger partial charge < -0.3 is 19.9 Å². The molecule has 4 N–H and O–H groups in total. The molecule has 154 valence electrons. The Bertz CT molecular complexity index is 1020. The fourth-order valence-electron chi connectivity index (χ4n) is 2.59. The molecule has 0 bridgehead atoms. The molecule has 1 aromatic heterocycles. The molecule has 0 aliphatic carbocycles. The first-order chi connectivity index (χ1) is 13.9. The van der Waals surface area contributed by atoms with Gasteiger partial charge in [0.05, 0.1) is 23.5 Å². The maximum Gasteiger partial charge on any atom is 0.277 e. The molecule has 0 aliphatic rings. The number of amides is 1. The average molecular weight is 407 g/mol. The number of nitrogens with one attached hydrogen (secondary N) is 2. The lowest BCUT2D eigenvalue weighted by Gasteiger charge is -2.15. The van der Waals surface area contributed by atoms with Crippen molar-refractivity contribution in [1.82, 2.24) is 10.5 Å². The third-order valence-electron chi connectivity index (χ3n) is 4.16. The zero-order valence-electron chi connectivity index (χ0n) is 15.4. The van der Waals surface area contributed by atoms with Gasteiger partial charge in [-0.25, -0.2) is 19.2 Å². The van der Waals surface area contributed by atoms with Gasteiger partial charge in [0.1, 0.15) is 24.0 Å². The second-order valence-electron chi connectivity index (χ2n) is 6.18. The van der Waals surface area contributed by atoms with E-state index in [1.165, 1.54) is 18.2 Å². The van der Waals surface area contributed by atoms with Crippen molar-refractivity contribution in [3.05, 3.63) is 53.4 Å². The summed E-state index contributed by atoms with van der Waals surface area (Å²) in [6, 6.07) is 5.66. The summed E-state index contributed by atoms with van der Waals surface area (Å²) >= 11 is 0. The van der Waals surface area contributed by atoms with E-state index in [1.807, 2.05) is 12.4 Å². The van der Waals surface area contributed by atoms with Crippen LogP contribution in [-0.4, -0.2) is 40.4 Å². The summed E-state index contributed by atoms with van der Waals surface area (Å²) in [5.74, 6) is -2.39. The van der Waals surface area contributed by atoms with Crippen molar-refractivity contribution in [2.24, 2.45) is 0 Å². The second kappa shape index (κ2) is 8.95. The number of rotatable bonds is 8. The topological polar surface area (TPSA) is 117 Å². The van der Waals surface area contributed by atoms with E-state index in [2.05, 4.69) is 10.3 Å². The maximum atomic E-state index is 15.0. The van der Waals surface area contributed by atoms with Crippen LogP contribution in [0.5, 0.6) is 0 Å². The van der Waals surface area contributed by atoms with E-state index in [0.717, 1.165) is 12.0 Å². The van der Waals surface area contributed by atoms with Gasteiger partial charge in [0.25, 0.3) is 5.91 Å². The Hall–Kier alpha value is -3.08. The van der Waals surface area contributed by atoms with Crippen LogP contribution in [0, 0.1) is 11.6 Å². The first kappa shape index (κ1) is 20.6. The van der Waals surface area contributed by atoms with E-state index >= 15 is 0 Å². The Morgan fingerprint density at radius 1 is 1.34 bits per heavy atom. The van der Waals surface area contributed by atoms with Gasteiger partial charge in [-0.05, 0) is 30.2 Å². The molecule has 1 unspecified atom stereocenters. The van der Waals surface area contributed by atoms with Crippen LogP contribution in [0.1, 0.15) is 22.8 Å². The molecule has 0 aliphatic heterocycles. The maximum absolute atomic E-state index is 15.0. The average Bonchev–Trinajstić information content (AvgIpc) is 3.19. The lowest BCUT2D eigenvalue weighted by molar-refractivity contribution is -0.0295. The number of carbonyl (C=O) groups excluding carboxylic acids is 1. The molecule has 8 nitrogen and oxygen atoms in total. The number of anilines is 2. The van der Waals surface area contributed by atoms with E-state index < -0.39 is 30.3 Å². The minimum absolute atomic E-state index is 0.00963. The molecule has 1 heterocycles. The molecule has 0 saturated heterocycles. The molecule has 0 saturated carbocycles.